The Balaban J connectivity index is 2.40. The van der Waals surface area contributed by atoms with Gasteiger partial charge in [-0.15, -0.1) is 18.0 Å². The van der Waals surface area contributed by atoms with Gasteiger partial charge in [0.15, 0.2) is 0 Å². The molecule has 4 heteroatoms. The third kappa shape index (κ3) is 6.60. The van der Waals surface area contributed by atoms with Crippen LogP contribution in [0.15, 0.2) is 22.9 Å². The van der Waals surface area contributed by atoms with Crippen molar-refractivity contribution in [2.75, 3.05) is 26.7 Å². The van der Waals surface area contributed by atoms with E-state index in [1.165, 1.54) is 0 Å². The Morgan fingerprint density at radius 1 is 1.63 bits per heavy atom. The van der Waals surface area contributed by atoms with Crippen LogP contribution in [0.2, 0.25) is 0 Å². The SMILES string of the molecule is C#CCN(C)CCCOC1=C(Cl)CC#CC(Cl)C=C1. The van der Waals surface area contributed by atoms with E-state index in [9.17, 15) is 0 Å². The summed E-state index contributed by atoms with van der Waals surface area (Å²) in [5.74, 6) is 9.02. The van der Waals surface area contributed by atoms with Gasteiger partial charge < -0.3 is 4.74 Å². The van der Waals surface area contributed by atoms with Crippen LogP contribution in [-0.2, 0) is 4.74 Å². The van der Waals surface area contributed by atoms with Crippen molar-refractivity contribution < 1.29 is 4.74 Å². The maximum Gasteiger partial charge on any atom is 0.134 e. The molecule has 0 fully saturated rings. The van der Waals surface area contributed by atoms with Crippen LogP contribution in [0.25, 0.3) is 0 Å². The lowest BCUT2D eigenvalue weighted by Crippen LogP contribution is -2.20. The first kappa shape index (κ1) is 16.0. The van der Waals surface area contributed by atoms with Crippen molar-refractivity contribution in [3.05, 3.63) is 22.9 Å². The fourth-order valence-electron chi connectivity index (χ4n) is 1.50. The molecule has 102 valence electrons. The first-order valence-corrected chi connectivity index (χ1v) is 6.89. The van der Waals surface area contributed by atoms with Crippen molar-refractivity contribution in [1.29, 1.82) is 0 Å². The summed E-state index contributed by atoms with van der Waals surface area (Å²) in [6, 6.07) is 0. The maximum absolute atomic E-state index is 6.12. The molecule has 0 heterocycles. The fourth-order valence-corrected chi connectivity index (χ4v) is 1.84. The van der Waals surface area contributed by atoms with E-state index in [0.717, 1.165) is 13.0 Å². The predicted molar refractivity (Wildman–Crippen MR) is 81.0 cm³/mol. The van der Waals surface area contributed by atoms with Crippen LogP contribution in [0.3, 0.4) is 0 Å². The monoisotopic (exact) mass is 297 g/mol. The summed E-state index contributed by atoms with van der Waals surface area (Å²) in [6.07, 6.45) is 10.2. The van der Waals surface area contributed by atoms with Gasteiger partial charge in [0, 0.05) is 13.0 Å². The van der Waals surface area contributed by atoms with E-state index in [1.807, 2.05) is 7.05 Å². The van der Waals surface area contributed by atoms with Gasteiger partial charge in [-0.1, -0.05) is 35.4 Å². The summed E-state index contributed by atoms with van der Waals surface area (Å²) in [5.41, 5.74) is 0. The molecule has 0 aromatic heterocycles. The van der Waals surface area contributed by atoms with Crippen LogP contribution in [0, 0.1) is 24.2 Å². The third-order valence-electron chi connectivity index (χ3n) is 2.47. The smallest absolute Gasteiger partial charge is 0.134 e. The number of terminal acetylenes is 1. The Kier molecular flexibility index (Phi) is 7.53. The highest BCUT2D eigenvalue weighted by Gasteiger charge is 2.06. The summed E-state index contributed by atoms with van der Waals surface area (Å²) in [4.78, 5) is 2.06. The van der Waals surface area contributed by atoms with Crippen LogP contribution in [0.5, 0.6) is 0 Å². The Hall–Kier alpha value is -1.06. The van der Waals surface area contributed by atoms with Gasteiger partial charge in [0.05, 0.1) is 18.2 Å². The molecule has 1 unspecified atom stereocenters. The Bertz CT molecular complexity index is 451. The summed E-state index contributed by atoms with van der Waals surface area (Å²) in [6.45, 7) is 2.12. The lowest BCUT2D eigenvalue weighted by Gasteiger charge is -2.14. The van der Waals surface area contributed by atoms with Gasteiger partial charge in [-0.2, -0.15) is 0 Å². The molecule has 19 heavy (non-hydrogen) atoms. The minimum Gasteiger partial charge on any atom is -0.492 e. The van der Waals surface area contributed by atoms with Crippen molar-refractivity contribution in [3.8, 4) is 24.2 Å². The molecule has 0 bridgehead atoms. The Morgan fingerprint density at radius 2 is 2.42 bits per heavy atom. The van der Waals surface area contributed by atoms with E-state index < -0.39 is 0 Å². The minimum atomic E-state index is -0.287. The van der Waals surface area contributed by atoms with E-state index >= 15 is 0 Å². The van der Waals surface area contributed by atoms with Crippen LogP contribution in [0.4, 0.5) is 0 Å². The normalized spacial score (nSPS) is 18.4. The molecule has 0 aromatic carbocycles. The molecule has 2 nitrogen and oxygen atoms in total. The van der Waals surface area contributed by atoms with Gasteiger partial charge in [0.25, 0.3) is 0 Å². The number of halogens is 2. The van der Waals surface area contributed by atoms with E-state index in [4.69, 9.17) is 34.4 Å². The van der Waals surface area contributed by atoms with Crippen molar-refractivity contribution in [3.63, 3.8) is 0 Å². The lowest BCUT2D eigenvalue weighted by molar-refractivity contribution is 0.203. The summed E-state index contributed by atoms with van der Waals surface area (Å²) < 4.78 is 5.66. The largest absolute Gasteiger partial charge is 0.492 e. The van der Waals surface area contributed by atoms with Gasteiger partial charge in [-0.3, -0.25) is 4.90 Å². The second kappa shape index (κ2) is 8.94. The maximum atomic E-state index is 6.12. The molecule has 1 atom stereocenters. The second-order valence-electron chi connectivity index (χ2n) is 4.17. The van der Waals surface area contributed by atoms with Gasteiger partial charge in [0.2, 0.25) is 0 Å². The Morgan fingerprint density at radius 3 is 3.16 bits per heavy atom. The second-order valence-corrected chi connectivity index (χ2v) is 5.10. The van der Waals surface area contributed by atoms with Gasteiger partial charge >= 0.3 is 0 Å². The summed E-state index contributed by atoms with van der Waals surface area (Å²) in [5, 5.41) is 0.328. The number of rotatable bonds is 6. The van der Waals surface area contributed by atoms with E-state index in [2.05, 4.69) is 22.7 Å². The number of nitrogens with zero attached hydrogens (tertiary/aromatic N) is 1. The van der Waals surface area contributed by atoms with Gasteiger partial charge in [-0.05, 0) is 19.5 Å². The molecule has 0 spiro atoms. The molecular weight excluding hydrogens is 281 g/mol. The number of allylic oxidation sites excluding steroid dienone is 3. The van der Waals surface area contributed by atoms with E-state index in [0.29, 0.717) is 30.4 Å². The fraction of sp³-hybridized carbons (Fsp3) is 0.467. The molecule has 0 radical (unpaired) electrons. The summed E-state index contributed by atoms with van der Waals surface area (Å²) in [7, 11) is 1.98. The quantitative estimate of drug-likeness (QED) is 0.425. The van der Waals surface area contributed by atoms with Crippen LogP contribution in [0.1, 0.15) is 12.8 Å². The zero-order chi connectivity index (χ0) is 14.1. The molecule has 1 rings (SSSR count). The van der Waals surface area contributed by atoms with E-state index in [-0.39, 0.29) is 5.38 Å². The van der Waals surface area contributed by atoms with Gasteiger partial charge in [-0.25, -0.2) is 0 Å². The zero-order valence-electron chi connectivity index (χ0n) is 11.0. The Labute approximate surface area is 125 Å². The topological polar surface area (TPSA) is 12.5 Å². The molecule has 0 aromatic rings. The molecule has 0 amide bonds. The average molecular weight is 298 g/mol. The highest BCUT2D eigenvalue weighted by atomic mass is 35.5. The first-order chi connectivity index (χ1) is 9.13. The number of alkyl halides is 1. The third-order valence-corrected chi connectivity index (χ3v) is 3.04. The number of hydrogen-bond acceptors (Lipinski definition) is 2. The molecule has 1 aliphatic carbocycles. The molecule has 1 aliphatic rings. The first-order valence-electron chi connectivity index (χ1n) is 6.07. The lowest BCUT2D eigenvalue weighted by atomic mass is 10.2. The van der Waals surface area contributed by atoms with Crippen molar-refractivity contribution in [2.24, 2.45) is 0 Å². The molecule has 0 saturated heterocycles. The van der Waals surface area contributed by atoms with Crippen molar-refractivity contribution in [1.82, 2.24) is 4.90 Å². The number of ether oxygens (including phenoxy) is 1. The molecule has 0 N–H and O–H groups in total. The van der Waals surface area contributed by atoms with Crippen LogP contribution < -0.4 is 0 Å². The van der Waals surface area contributed by atoms with Crippen molar-refractivity contribution in [2.45, 2.75) is 18.2 Å². The van der Waals surface area contributed by atoms with Crippen LogP contribution in [-0.4, -0.2) is 37.0 Å². The molecular formula is C15H17Cl2NO. The number of hydrogen-bond donors (Lipinski definition) is 0. The summed E-state index contributed by atoms with van der Waals surface area (Å²) >= 11 is 12.1. The predicted octanol–water partition coefficient (Wildman–Crippen LogP) is 2.98. The average Bonchev–Trinajstić information content (AvgIpc) is 2.36. The highest BCUT2D eigenvalue weighted by molar-refractivity contribution is 6.30. The molecule has 0 saturated carbocycles. The van der Waals surface area contributed by atoms with Crippen LogP contribution >= 0.6 is 23.2 Å². The molecule has 0 aliphatic heterocycles. The van der Waals surface area contributed by atoms with Gasteiger partial charge in [0.1, 0.15) is 11.1 Å². The van der Waals surface area contributed by atoms with Crippen molar-refractivity contribution >= 4 is 23.2 Å². The minimum absolute atomic E-state index is 0.287. The zero-order valence-corrected chi connectivity index (χ0v) is 12.5. The standard InChI is InChI=1S/C15H17Cl2NO/c1-3-10-18(2)11-5-12-19-15-9-8-13(16)6-4-7-14(15)17/h1,8-9,13H,5,7,10-12H2,2H3. The van der Waals surface area contributed by atoms with E-state index in [1.54, 1.807) is 12.2 Å². The highest BCUT2D eigenvalue weighted by Crippen LogP contribution is 2.18.